The van der Waals surface area contributed by atoms with E-state index in [1.54, 1.807) is 0 Å². The smallest absolute Gasteiger partial charge is 0.0697 e. The average Bonchev–Trinajstić information content (AvgIpc) is 2.77. The summed E-state index contributed by atoms with van der Waals surface area (Å²) in [5.74, 6) is 0. The highest BCUT2D eigenvalue weighted by molar-refractivity contribution is 4.96. The van der Waals surface area contributed by atoms with Crippen LogP contribution in [0.25, 0.3) is 0 Å². The number of likely N-dealkylation sites (tertiary alicyclic amines) is 1. The summed E-state index contributed by atoms with van der Waals surface area (Å²) in [7, 11) is 0. The molecular weight excluding hydrogens is 224 g/mol. The molecule has 0 amide bonds. The second-order valence-corrected chi connectivity index (χ2v) is 6.76. The van der Waals surface area contributed by atoms with Gasteiger partial charge in [0.15, 0.2) is 0 Å². The number of nitrogens with two attached hydrogens (primary N) is 1. The van der Waals surface area contributed by atoms with Gasteiger partial charge in [0.05, 0.1) is 5.60 Å². The Bertz CT molecular complexity index is 288. The van der Waals surface area contributed by atoms with Crippen molar-refractivity contribution in [3.63, 3.8) is 0 Å². The fraction of sp³-hybridized carbons (Fsp3) is 1.00. The van der Waals surface area contributed by atoms with Crippen LogP contribution in [-0.4, -0.2) is 41.8 Å². The zero-order valence-electron chi connectivity index (χ0n) is 11.7. The first-order chi connectivity index (χ1) is 8.69. The van der Waals surface area contributed by atoms with E-state index in [-0.39, 0.29) is 5.60 Å². The Morgan fingerprint density at radius 1 is 1.22 bits per heavy atom. The summed E-state index contributed by atoms with van der Waals surface area (Å²) < 4.78 is 6.15. The molecule has 1 aliphatic carbocycles. The van der Waals surface area contributed by atoms with Gasteiger partial charge in [-0.05, 0) is 45.4 Å². The maximum absolute atomic E-state index is 6.15. The molecule has 0 bridgehead atoms. The molecule has 0 aromatic rings. The third-order valence-corrected chi connectivity index (χ3v) is 5.42. The van der Waals surface area contributed by atoms with Crippen molar-refractivity contribution in [1.82, 2.24) is 4.90 Å². The molecule has 3 heteroatoms. The quantitative estimate of drug-likeness (QED) is 0.778. The molecule has 3 rings (SSSR count). The summed E-state index contributed by atoms with van der Waals surface area (Å²) in [4.78, 5) is 2.73. The summed E-state index contributed by atoms with van der Waals surface area (Å²) >= 11 is 0. The van der Waals surface area contributed by atoms with Crippen LogP contribution in [-0.2, 0) is 4.74 Å². The molecule has 2 aliphatic heterocycles. The van der Waals surface area contributed by atoms with Crippen LogP contribution >= 0.6 is 0 Å². The summed E-state index contributed by atoms with van der Waals surface area (Å²) in [6, 6.07) is 1.84. The molecule has 3 fully saturated rings. The Morgan fingerprint density at radius 3 is 2.72 bits per heavy atom. The Morgan fingerprint density at radius 2 is 2.00 bits per heavy atom. The fourth-order valence-corrected chi connectivity index (χ4v) is 4.42. The van der Waals surface area contributed by atoms with Crippen LogP contribution in [0.1, 0.15) is 58.3 Å². The van der Waals surface area contributed by atoms with Crippen LogP contribution in [0.3, 0.4) is 0 Å². The van der Waals surface area contributed by atoms with Crippen molar-refractivity contribution in [2.24, 2.45) is 5.73 Å². The van der Waals surface area contributed by atoms with E-state index in [9.17, 15) is 0 Å². The molecule has 104 valence electrons. The Hall–Kier alpha value is -0.120. The molecule has 2 N–H and O–H groups in total. The third-order valence-electron chi connectivity index (χ3n) is 5.42. The van der Waals surface area contributed by atoms with Crippen molar-refractivity contribution in [2.45, 2.75) is 82.0 Å². The van der Waals surface area contributed by atoms with Gasteiger partial charge in [0.2, 0.25) is 0 Å². The fourth-order valence-electron chi connectivity index (χ4n) is 4.42. The molecule has 3 nitrogen and oxygen atoms in total. The van der Waals surface area contributed by atoms with E-state index in [0.29, 0.717) is 12.1 Å². The van der Waals surface area contributed by atoms with Gasteiger partial charge < -0.3 is 10.5 Å². The van der Waals surface area contributed by atoms with Crippen LogP contribution in [0.2, 0.25) is 0 Å². The molecule has 0 radical (unpaired) electrons. The van der Waals surface area contributed by atoms with Crippen LogP contribution in [0, 0.1) is 0 Å². The van der Waals surface area contributed by atoms with Gasteiger partial charge in [-0.2, -0.15) is 0 Å². The van der Waals surface area contributed by atoms with E-state index in [1.807, 2.05) is 0 Å². The molecule has 3 atom stereocenters. The van der Waals surface area contributed by atoms with Crippen molar-refractivity contribution in [3.05, 3.63) is 0 Å². The lowest BCUT2D eigenvalue weighted by atomic mass is 9.86. The number of piperidine rings is 1. The van der Waals surface area contributed by atoms with Crippen molar-refractivity contribution in [1.29, 1.82) is 0 Å². The first-order valence-electron chi connectivity index (χ1n) is 7.84. The molecule has 18 heavy (non-hydrogen) atoms. The van der Waals surface area contributed by atoms with Crippen LogP contribution in [0.15, 0.2) is 0 Å². The van der Waals surface area contributed by atoms with Crippen molar-refractivity contribution in [3.8, 4) is 0 Å². The molecule has 3 aliphatic rings. The summed E-state index contributed by atoms with van der Waals surface area (Å²) in [5, 5.41) is 0. The van der Waals surface area contributed by atoms with E-state index in [1.165, 1.54) is 57.9 Å². The summed E-state index contributed by atoms with van der Waals surface area (Å²) in [5.41, 5.74) is 6.33. The number of hydrogen-bond donors (Lipinski definition) is 1. The number of rotatable bonds is 1. The van der Waals surface area contributed by atoms with E-state index in [2.05, 4.69) is 11.8 Å². The normalized spacial score (nSPS) is 41.3. The van der Waals surface area contributed by atoms with Crippen molar-refractivity contribution in [2.75, 3.05) is 13.2 Å². The predicted molar refractivity (Wildman–Crippen MR) is 73.6 cm³/mol. The maximum atomic E-state index is 6.15. The molecular formula is C15H28N2O. The minimum absolute atomic E-state index is 0.252. The second-order valence-electron chi connectivity index (χ2n) is 6.76. The van der Waals surface area contributed by atoms with E-state index >= 15 is 0 Å². The minimum atomic E-state index is 0.252. The first-order valence-corrected chi connectivity index (χ1v) is 7.84. The van der Waals surface area contributed by atoms with E-state index < -0.39 is 0 Å². The van der Waals surface area contributed by atoms with Gasteiger partial charge in [-0.25, -0.2) is 0 Å². The molecule has 0 aromatic carbocycles. The lowest BCUT2D eigenvalue weighted by Gasteiger charge is -2.47. The standard InChI is InChI=1S/C15H28N2O/c1-12-10-13(16)4-8-17(12)14-5-9-18-15(11-14)6-2-3-7-15/h12-14H,2-11,16H2,1H3. The van der Waals surface area contributed by atoms with Gasteiger partial charge in [-0.3, -0.25) is 4.90 Å². The predicted octanol–water partition coefficient (Wildman–Crippen LogP) is 2.29. The van der Waals surface area contributed by atoms with Gasteiger partial charge in [0, 0.05) is 31.3 Å². The zero-order valence-corrected chi connectivity index (χ0v) is 11.7. The van der Waals surface area contributed by atoms with Crippen LogP contribution in [0.4, 0.5) is 0 Å². The van der Waals surface area contributed by atoms with Gasteiger partial charge in [-0.1, -0.05) is 12.8 Å². The van der Waals surface area contributed by atoms with Gasteiger partial charge >= 0.3 is 0 Å². The number of ether oxygens (including phenoxy) is 1. The SMILES string of the molecule is CC1CC(N)CCN1C1CCOC2(CCCC2)C1. The first kappa shape index (κ1) is 12.9. The highest BCUT2D eigenvalue weighted by atomic mass is 16.5. The largest absolute Gasteiger partial charge is 0.375 e. The second kappa shape index (κ2) is 5.10. The highest BCUT2D eigenvalue weighted by Crippen LogP contribution is 2.42. The maximum Gasteiger partial charge on any atom is 0.0697 e. The molecule has 3 unspecified atom stereocenters. The minimum Gasteiger partial charge on any atom is -0.375 e. The zero-order chi connectivity index (χ0) is 12.6. The molecule has 2 saturated heterocycles. The molecule has 2 heterocycles. The molecule has 1 saturated carbocycles. The van der Waals surface area contributed by atoms with Gasteiger partial charge in [-0.15, -0.1) is 0 Å². The highest BCUT2D eigenvalue weighted by Gasteiger charge is 2.42. The lowest BCUT2D eigenvalue weighted by Crippen LogP contribution is -2.54. The Kier molecular flexibility index (Phi) is 3.65. The van der Waals surface area contributed by atoms with Gasteiger partial charge in [0.25, 0.3) is 0 Å². The molecule has 0 aromatic heterocycles. The van der Waals surface area contributed by atoms with E-state index in [4.69, 9.17) is 10.5 Å². The topological polar surface area (TPSA) is 38.5 Å². The van der Waals surface area contributed by atoms with E-state index in [0.717, 1.165) is 12.6 Å². The summed E-state index contributed by atoms with van der Waals surface area (Å²) in [6.45, 7) is 4.53. The Balaban J connectivity index is 1.65. The lowest BCUT2D eigenvalue weighted by molar-refractivity contribution is -0.109. The average molecular weight is 252 g/mol. The monoisotopic (exact) mass is 252 g/mol. The Labute approximate surface area is 111 Å². The number of nitrogens with zero attached hydrogens (tertiary/aromatic N) is 1. The third kappa shape index (κ3) is 2.45. The van der Waals surface area contributed by atoms with Gasteiger partial charge in [0.1, 0.15) is 0 Å². The number of hydrogen-bond acceptors (Lipinski definition) is 3. The molecule has 1 spiro atoms. The van der Waals surface area contributed by atoms with Crippen LogP contribution in [0.5, 0.6) is 0 Å². The summed E-state index contributed by atoms with van der Waals surface area (Å²) in [6.07, 6.45) is 10.2. The van der Waals surface area contributed by atoms with Crippen molar-refractivity contribution < 1.29 is 4.74 Å². The van der Waals surface area contributed by atoms with Crippen LogP contribution < -0.4 is 5.73 Å². The van der Waals surface area contributed by atoms with Crippen molar-refractivity contribution >= 4 is 0 Å².